The van der Waals surface area contributed by atoms with Gasteiger partial charge < -0.3 is 25.2 Å². The van der Waals surface area contributed by atoms with Crippen LogP contribution in [-0.2, 0) is 14.3 Å². The number of anilines is 3. The van der Waals surface area contributed by atoms with Crippen LogP contribution >= 0.6 is 0 Å². The molecule has 0 atom stereocenters. The second-order valence-corrected chi connectivity index (χ2v) is 9.23. The monoisotopic (exact) mass is 545 g/mol. The van der Waals surface area contributed by atoms with Gasteiger partial charge in [-0.2, -0.15) is 15.0 Å². The first-order chi connectivity index (χ1) is 18.9. The molecule has 2 saturated heterocycles. The lowest BCUT2D eigenvalue weighted by atomic mass is 10.1. The number of halogens is 2. The second kappa shape index (κ2) is 13.3. The number of piperazine rings is 1. The molecular weight excluding hydrogens is 512 g/mol. The molecule has 0 aliphatic carbocycles. The van der Waals surface area contributed by atoms with Crippen LogP contribution in [0, 0.1) is 0 Å². The number of ketones is 1. The Hall–Kier alpha value is -3.81. The van der Waals surface area contributed by atoms with Crippen molar-refractivity contribution in [3.8, 4) is 11.4 Å². The number of carbonyl (C=O) groups is 2. The first kappa shape index (κ1) is 28.2. The summed E-state index contributed by atoms with van der Waals surface area (Å²) in [6.45, 7) is 5.76. The second-order valence-electron chi connectivity index (χ2n) is 9.23. The van der Waals surface area contributed by atoms with Gasteiger partial charge in [-0.15, -0.1) is 0 Å². The van der Waals surface area contributed by atoms with Gasteiger partial charge in [-0.05, 0) is 25.8 Å². The Bertz CT molecular complexity index is 1180. The number of amides is 1. The highest BCUT2D eigenvalue weighted by molar-refractivity contribution is 5.89. The topological polar surface area (TPSA) is 144 Å². The summed E-state index contributed by atoms with van der Waals surface area (Å²) in [7, 11) is 0. The number of ether oxygens (including phenoxy) is 1. The molecule has 2 aliphatic rings. The van der Waals surface area contributed by atoms with E-state index in [1.165, 1.54) is 6.20 Å². The Morgan fingerprint density at radius 2 is 1.62 bits per heavy atom. The number of morpholine rings is 1. The molecule has 4 heterocycles. The van der Waals surface area contributed by atoms with E-state index in [2.05, 4.69) is 24.9 Å². The Kier molecular flexibility index (Phi) is 9.63. The smallest absolute Gasteiger partial charge is 0.281 e. The lowest BCUT2D eigenvalue weighted by molar-refractivity contribution is -0.131. The molecule has 2 fully saturated rings. The van der Waals surface area contributed by atoms with E-state index in [0.29, 0.717) is 90.1 Å². The molecule has 2 aromatic heterocycles. The molecule has 14 heteroatoms. The zero-order valence-electron chi connectivity index (χ0n) is 21.9. The number of carbonyl (C=O) groups excluding carboxylic acids is 2. The van der Waals surface area contributed by atoms with Gasteiger partial charge in [-0.3, -0.25) is 9.59 Å². The van der Waals surface area contributed by atoms with Crippen LogP contribution in [0.15, 0.2) is 18.3 Å². The van der Waals surface area contributed by atoms with Gasteiger partial charge in [-0.1, -0.05) is 6.08 Å². The highest BCUT2D eigenvalue weighted by atomic mass is 19.3. The molecule has 0 aromatic carbocycles. The van der Waals surface area contributed by atoms with E-state index < -0.39 is 12.1 Å². The molecule has 39 heavy (non-hydrogen) atoms. The predicted octanol–water partition coefficient (Wildman–Crippen LogP) is 2.04. The van der Waals surface area contributed by atoms with Gasteiger partial charge in [-0.25, -0.2) is 18.7 Å². The summed E-state index contributed by atoms with van der Waals surface area (Å²) in [6.07, 6.45) is 3.71. The van der Waals surface area contributed by atoms with E-state index in [4.69, 9.17) is 10.5 Å². The number of alkyl halides is 2. The quantitative estimate of drug-likeness (QED) is 0.346. The maximum Gasteiger partial charge on any atom is 0.281 e. The summed E-state index contributed by atoms with van der Waals surface area (Å²) < 4.78 is 33.0. The molecule has 2 aliphatic heterocycles. The Labute approximate surface area is 225 Å². The molecule has 0 bridgehead atoms. The van der Waals surface area contributed by atoms with Gasteiger partial charge >= 0.3 is 0 Å². The van der Waals surface area contributed by atoms with Crippen molar-refractivity contribution in [1.29, 1.82) is 0 Å². The average molecular weight is 546 g/mol. The maximum absolute atomic E-state index is 13.8. The summed E-state index contributed by atoms with van der Waals surface area (Å²) in [6, 6.07) is 0. The first-order valence-electron chi connectivity index (χ1n) is 13.0. The number of rotatable bonds is 10. The minimum atomic E-state index is -2.90. The molecule has 210 valence electrons. The van der Waals surface area contributed by atoms with Gasteiger partial charge in [0.25, 0.3) is 6.43 Å². The van der Waals surface area contributed by atoms with Crippen LogP contribution in [0.5, 0.6) is 0 Å². The third-order valence-corrected chi connectivity index (χ3v) is 6.52. The Morgan fingerprint density at radius 3 is 2.26 bits per heavy atom. The minimum absolute atomic E-state index is 0.0147. The van der Waals surface area contributed by atoms with Crippen molar-refractivity contribution in [3.05, 3.63) is 24.0 Å². The zero-order valence-corrected chi connectivity index (χ0v) is 21.9. The molecule has 0 unspecified atom stereocenters. The molecule has 12 nitrogen and oxygen atoms in total. The van der Waals surface area contributed by atoms with Crippen LogP contribution < -0.4 is 15.5 Å². The predicted molar refractivity (Wildman–Crippen MR) is 140 cm³/mol. The van der Waals surface area contributed by atoms with Crippen molar-refractivity contribution in [1.82, 2.24) is 29.8 Å². The summed E-state index contributed by atoms with van der Waals surface area (Å²) in [5.41, 5.74) is 4.99. The number of nitrogens with zero attached hydrogens (tertiary/aromatic N) is 8. The molecular formula is C25H33F2N9O3. The van der Waals surface area contributed by atoms with Gasteiger partial charge in [0.05, 0.1) is 18.8 Å². The van der Waals surface area contributed by atoms with Crippen molar-refractivity contribution < 1.29 is 23.1 Å². The fourth-order valence-electron chi connectivity index (χ4n) is 4.43. The number of hydrogen-bond donors (Lipinski definition) is 1. The summed E-state index contributed by atoms with van der Waals surface area (Å²) >= 11 is 0. The average Bonchev–Trinajstić information content (AvgIpc) is 2.95. The molecule has 0 saturated carbocycles. The molecule has 2 N–H and O–H groups in total. The van der Waals surface area contributed by atoms with Crippen LogP contribution in [0.1, 0.15) is 44.7 Å². The summed E-state index contributed by atoms with van der Waals surface area (Å²) in [5, 5.41) is 0. The maximum atomic E-state index is 13.8. The van der Waals surface area contributed by atoms with E-state index in [1.54, 1.807) is 24.0 Å². The van der Waals surface area contributed by atoms with Crippen molar-refractivity contribution in [2.24, 2.45) is 0 Å². The third kappa shape index (κ3) is 7.40. The number of allylic oxidation sites excluding steroid dienone is 2. The lowest BCUT2D eigenvalue weighted by Gasteiger charge is -2.35. The van der Waals surface area contributed by atoms with Crippen molar-refractivity contribution in [2.75, 3.05) is 68.0 Å². The lowest BCUT2D eigenvalue weighted by Crippen LogP contribution is -2.49. The van der Waals surface area contributed by atoms with E-state index in [0.717, 1.165) is 0 Å². The van der Waals surface area contributed by atoms with Gasteiger partial charge in [0, 0.05) is 58.3 Å². The number of nitrogens with two attached hydrogens (primary N) is 1. The highest BCUT2D eigenvalue weighted by Crippen LogP contribution is 2.30. The van der Waals surface area contributed by atoms with Crippen LogP contribution in [0.2, 0.25) is 0 Å². The zero-order chi connectivity index (χ0) is 27.8. The molecule has 4 rings (SSSR count). The normalized spacial score (nSPS) is 16.4. The minimum Gasteiger partial charge on any atom is -0.378 e. The largest absolute Gasteiger partial charge is 0.378 e. The van der Waals surface area contributed by atoms with Crippen molar-refractivity contribution in [3.63, 3.8) is 0 Å². The van der Waals surface area contributed by atoms with Gasteiger partial charge in [0.1, 0.15) is 5.69 Å². The van der Waals surface area contributed by atoms with Crippen LogP contribution in [-0.4, -0.2) is 94.0 Å². The number of nitrogen functional groups attached to an aromatic ring is 1. The molecule has 2 aromatic rings. The van der Waals surface area contributed by atoms with E-state index in [-0.39, 0.29) is 29.0 Å². The fraction of sp³-hybridized carbons (Fsp3) is 0.560. The number of hydrogen-bond acceptors (Lipinski definition) is 11. The van der Waals surface area contributed by atoms with Crippen LogP contribution in [0.3, 0.4) is 0 Å². The van der Waals surface area contributed by atoms with E-state index >= 15 is 0 Å². The molecule has 0 spiro atoms. The number of aromatic nitrogens is 5. The van der Waals surface area contributed by atoms with E-state index in [1.807, 2.05) is 9.80 Å². The van der Waals surface area contributed by atoms with Crippen LogP contribution in [0.4, 0.5) is 26.6 Å². The van der Waals surface area contributed by atoms with Crippen molar-refractivity contribution >= 4 is 29.5 Å². The van der Waals surface area contributed by atoms with E-state index in [9.17, 15) is 18.4 Å². The fourth-order valence-corrected chi connectivity index (χ4v) is 4.43. The molecule has 0 radical (unpaired) electrons. The SMILES string of the molecule is C/C=C/C(=O)CCCCC(=O)N1CCN(c2nc(-c3cnc(N)nc3C(F)F)nc(N3CCOCC3)n2)CC1. The van der Waals surface area contributed by atoms with Gasteiger partial charge in [0.15, 0.2) is 11.6 Å². The Morgan fingerprint density at radius 1 is 0.974 bits per heavy atom. The summed E-state index contributed by atoms with van der Waals surface area (Å²) in [5.74, 6) is 0.552. The third-order valence-electron chi connectivity index (χ3n) is 6.52. The van der Waals surface area contributed by atoms with Crippen molar-refractivity contribution in [2.45, 2.75) is 39.0 Å². The van der Waals surface area contributed by atoms with Gasteiger partial charge in [0.2, 0.25) is 23.8 Å². The number of unbranched alkanes of at least 4 members (excludes halogenated alkanes) is 1. The van der Waals surface area contributed by atoms with Crippen LogP contribution in [0.25, 0.3) is 11.4 Å². The molecule has 1 amide bonds. The highest BCUT2D eigenvalue weighted by Gasteiger charge is 2.27. The Balaban J connectivity index is 1.48. The summed E-state index contributed by atoms with van der Waals surface area (Å²) in [4.78, 5) is 51.1. The standard InChI is InChI=1S/C25H33F2N9O3/c1-2-5-17(37)6-3-4-7-19(38)34-8-10-35(11-9-34)24-31-22(18-16-29-23(28)30-20(18)21(26)27)32-25(33-24)36-12-14-39-15-13-36/h2,5,16,21H,3-4,6-15H2,1H3,(H2,28,29,30)/b5-2+. The first-order valence-corrected chi connectivity index (χ1v) is 13.0.